The molecule has 0 bridgehead atoms. The molecule has 198 valence electrons. The Kier molecular flexibility index (Phi) is 8.65. The van der Waals surface area contributed by atoms with Crippen molar-refractivity contribution in [3.05, 3.63) is 87.8 Å². The topological polar surface area (TPSA) is 99.2 Å². The third-order valence-corrected chi connectivity index (χ3v) is 7.75. The molecule has 1 fully saturated rings. The zero-order chi connectivity index (χ0) is 27.3. The van der Waals surface area contributed by atoms with Gasteiger partial charge in [0.2, 0.25) is 0 Å². The first-order valence-electron chi connectivity index (χ1n) is 11.6. The van der Waals surface area contributed by atoms with Gasteiger partial charge in [-0.1, -0.05) is 35.4 Å². The van der Waals surface area contributed by atoms with Crippen molar-refractivity contribution in [1.82, 2.24) is 4.90 Å². The van der Waals surface area contributed by atoms with Crippen LogP contribution in [-0.2, 0) is 14.9 Å². The monoisotopic (exact) mass is 573 g/mol. The predicted octanol–water partition coefficient (Wildman–Crippen LogP) is 5.93. The van der Waals surface area contributed by atoms with E-state index in [2.05, 4.69) is 0 Å². The number of imide groups is 1. The largest absolute Gasteiger partial charge is 0.492 e. The lowest BCUT2D eigenvalue weighted by atomic mass is 10.2. The van der Waals surface area contributed by atoms with E-state index in [1.165, 1.54) is 18.2 Å². The molecule has 3 aromatic carbocycles. The molecule has 0 radical (unpaired) electrons. The van der Waals surface area contributed by atoms with Crippen LogP contribution in [0.4, 0.5) is 4.79 Å². The van der Waals surface area contributed by atoms with Gasteiger partial charge in [-0.15, -0.1) is 0 Å². The molecule has 38 heavy (non-hydrogen) atoms. The molecule has 8 nitrogen and oxygen atoms in total. The first-order chi connectivity index (χ1) is 18.2. The molecule has 0 spiro atoms. The minimum Gasteiger partial charge on any atom is -0.492 e. The van der Waals surface area contributed by atoms with Gasteiger partial charge in [0, 0.05) is 5.02 Å². The number of amides is 2. The van der Waals surface area contributed by atoms with Crippen LogP contribution >= 0.6 is 23.4 Å². The van der Waals surface area contributed by atoms with Gasteiger partial charge in [-0.25, -0.2) is 0 Å². The molecule has 1 aliphatic heterocycles. The zero-order valence-corrected chi connectivity index (χ0v) is 22.9. The van der Waals surface area contributed by atoms with E-state index < -0.39 is 21.3 Å². The van der Waals surface area contributed by atoms with E-state index in [1.807, 2.05) is 6.92 Å². The van der Waals surface area contributed by atoms with Crippen molar-refractivity contribution in [2.45, 2.75) is 18.7 Å². The van der Waals surface area contributed by atoms with Gasteiger partial charge in [-0.05, 0) is 85.8 Å². The summed E-state index contributed by atoms with van der Waals surface area (Å²) in [6.45, 7) is 4.07. The number of halogens is 1. The Balaban J connectivity index is 1.47. The van der Waals surface area contributed by atoms with Gasteiger partial charge in [-0.3, -0.25) is 14.5 Å². The molecule has 1 heterocycles. The lowest BCUT2D eigenvalue weighted by Gasteiger charge is -2.13. The van der Waals surface area contributed by atoms with Crippen molar-refractivity contribution in [3.8, 4) is 17.2 Å². The van der Waals surface area contributed by atoms with E-state index in [9.17, 15) is 18.0 Å². The molecule has 1 saturated heterocycles. The molecule has 1 aliphatic rings. The minimum absolute atomic E-state index is 0.0111. The minimum atomic E-state index is -4.08. The second kappa shape index (κ2) is 11.9. The van der Waals surface area contributed by atoms with Crippen molar-refractivity contribution in [3.63, 3.8) is 0 Å². The number of carbonyl (C=O) groups excluding carboxylic acids is 2. The Morgan fingerprint density at radius 3 is 2.34 bits per heavy atom. The van der Waals surface area contributed by atoms with E-state index in [4.69, 9.17) is 25.3 Å². The predicted molar refractivity (Wildman–Crippen MR) is 146 cm³/mol. The summed E-state index contributed by atoms with van der Waals surface area (Å²) >= 11 is 6.67. The Morgan fingerprint density at radius 1 is 0.947 bits per heavy atom. The molecule has 0 aliphatic carbocycles. The third-order valence-electron chi connectivity index (χ3n) is 5.35. The lowest BCUT2D eigenvalue weighted by molar-refractivity contribution is -0.123. The quantitative estimate of drug-likeness (QED) is 0.217. The first kappa shape index (κ1) is 27.6. The van der Waals surface area contributed by atoms with Crippen molar-refractivity contribution in [2.24, 2.45) is 0 Å². The number of hydrogen-bond donors (Lipinski definition) is 0. The maximum atomic E-state index is 12.9. The van der Waals surface area contributed by atoms with Crippen LogP contribution in [0.2, 0.25) is 5.02 Å². The molecular formula is C27H24ClNO7S2. The standard InChI is InChI=1S/C27H24ClNO7S2/c1-3-34-24-16-19(6-13-23(24)36-38(32,33)22-11-4-18(2)5-12-22)17-25-26(30)29(27(31)37-25)14-15-35-21-9-7-20(28)8-10-21/h4-13,16-17H,3,14-15H2,1-2H3/b25-17-. The van der Waals surface area contributed by atoms with Crippen molar-refractivity contribution >= 4 is 50.7 Å². The Labute approximate surface area is 230 Å². The third kappa shape index (κ3) is 6.69. The molecule has 4 rings (SSSR count). The van der Waals surface area contributed by atoms with Gasteiger partial charge in [-0.2, -0.15) is 8.42 Å². The molecule has 3 aromatic rings. The molecule has 0 aromatic heterocycles. The average molecular weight is 574 g/mol. The van der Waals surface area contributed by atoms with Gasteiger partial charge >= 0.3 is 10.1 Å². The highest BCUT2D eigenvalue weighted by Crippen LogP contribution is 2.35. The van der Waals surface area contributed by atoms with Gasteiger partial charge in [0.05, 0.1) is 18.1 Å². The van der Waals surface area contributed by atoms with Crippen molar-refractivity contribution < 1.29 is 31.7 Å². The summed E-state index contributed by atoms with van der Waals surface area (Å²) in [6.07, 6.45) is 1.55. The first-order valence-corrected chi connectivity index (χ1v) is 14.2. The molecular weight excluding hydrogens is 550 g/mol. The summed E-state index contributed by atoms with van der Waals surface area (Å²) in [5, 5.41) is 0.170. The second-order valence-corrected chi connectivity index (χ2v) is 11.1. The van der Waals surface area contributed by atoms with Crippen LogP contribution < -0.4 is 13.7 Å². The van der Waals surface area contributed by atoms with E-state index in [0.717, 1.165) is 22.2 Å². The smallest absolute Gasteiger partial charge is 0.339 e. The highest BCUT2D eigenvalue weighted by Gasteiger charge is 2.35. The van der Waals surface area contributed by atoms with Gasteiger partial charge in [0.25, 0.3) is 11.1 Å². The number of benzene rings is 3. The summed E-state index contributed by atoms with van der Waals surface area (Å²) in [6, 6.07) is 17.7. The summed E-state index contributed by atoms with van der Waals surface area (Å²) in [5.41, 5.74) is 1.46. The van der Waals surface area contributed by atoms with Crippen LogP contribution in [0.3, 0.4) is 0 Å². The highest BCUT2D eigenvalue weighted by molar-refractivity contribution is 8.18. The number of thioether (sulfide) groups is 1. The van der Waals surface area contributed by atoms with Crippen LogP contribution in [0.1, 0.15) is 18.1 Å². The number of ether oxygens (including phenoxy) is 2. The second-order valence-electron chi connectivity index (χ2n) is 8.13. The molecule has 2 amide bonds. The Hall–Kier alpha value is -3.47. The Bertz CT molecular complexity index is 1470. The SMILES string of the molecule is CCOc1cc(/C=C2\SC(=O)N(CCOc3ccc(Cl)cc3)C2=O)ccc1OS(=O)(=O)c1ccc(C)cc1. The van der Waals surface area contributed by atoms with Crippen LogP contribution in [0.15, 0.2) is 76.5 Å². The molecule has 0 atom stereocenters. The van der Waals surface area contributed by atoms with E-state index in [0.29, 0.717) is 16.3 Å². The van der Waals surface area contributed by atoms with Crippen LogP contribution in [0.25, 0.3) is 6.08 Å². The fourth-order valence-electron chi connectivity index (χ4n) is 3.45. The van der Waals surface area contributed by atoms with Crippen LogP contribution in [-0.4, -0.2) is 44.2 Å². The van der Waals surface area contributed by atoms with Gasteiger partial charge in [0.15, 0.2) is 11.5 Å². The van der Waals surface area contributed by atoms with E-state index in [-0.39, 0.29) is 41.1 Å². The number of hydrogen-bond acceptors (Lipinski definition) is 8. The molecule has 0 unspecified atom stereocenters. The number of carbonyl (C=O) groups is 2. The van der Waals surface area contributed by atoms with Crippen LogP contribution in [0.5, 0.6) is 17.2 Å². The number of rotatable bonds is 10. The summed E-state index contributed by atoms with van der Waals surface area (Å²) in [7, 11) is -4.08. The molecule has 0 saturated carbocycles. The summed E-state index contributed by atoms with van der Waals surface area (Å²) < 4.78 is 42.0. The molecule has 0 N–H and O–H groups in total. The average Bonchev–Trinajstić information content (AvgIpc) is 3.14. The number of nitrogens with zero attached hydrogens (tertiary/aromatic N) is 1. The summed E-state index contributed by atoms with van der Waals surface area (Å²) in [4.78, 5) is 26.7. The van der Waals surface area contributed by atoms with Gasteiger partial charge < -0.3 is 13.7 Å². The van der Waals surface area contributed by atoms with Crippen LogP contribution in [0, 0.1) is 6.92 Å². The fourth-order valence-corrected chi connectivity index (χ4v) is 5.38. The maximum Gasteiger partial charge on any atom is 0.339 e. The Morgan fingerprint density at radius 2 is 1.66 bits per heavy atom. The van der Waals surface area contributed by atoms with E-state index in [1.54, 1.807) is 61.5 Å². The lowest BCUT2D eigenvalue weighted by Crippen LogP contribution is -2.32. The highest BCUT2D eigenvalue weighted by atomic mass is 35.5. The van der Waals surface area contributed by atoms with Crippen molar-refractivity contribution in [1.29, 1.82) is 0 Å². The fraction of sp³-hybridized carbons (Fsp3) is 0.185. The maximum absolute atomic E-state index is 12.9. The number of aryl methyl sites for hydroxylation is 1. The normalized spacial score (nSPS) is 14.7. The molecule has 11 heteroatoms. The van der Waals surface area contributed by atoms with E-state index >= 15 is 0 Å². The summed E-state index contributed by atoms with van der Waals surface area (Å²) in [5.74, 6) is 0.330. The zero-order valence-electron chi connectivity index (χ0n) is 20.5. The van der Waals surface area contributed by atoms with Crippen molar-refractivity contribution in [2.75, 3.05) is 19.8 Å². The van der Waals surface area contributed by atoms with Gasteiger partial charge in [0.1, 0.15) is 17.3 Å².